The van der Waals surface area contributed by atoms with E-state index < -0.39 is 39.7 Å². The molecule has 0 saturated carbocycles. The molecule has 7 nitrogen and oxygen atoms in total. The van der Waals surface area contributed by atoms with E-state index in [2.05, 4.69) is 10.8 Å². The number of nitrogens with two attached hydrogens (primary N) is 1. The second-order valence-corrected chi connectivity index (χ2v) is 6.95. The molecule has 0 saturated heterocycles. The van der Waals surface area contributed by atoms with Crippen molar-refractivity contribution < 1.29 is 26.9 Å². The number of hydrogen-bond donors (Lipinski definition) is 1. The van der Waals surface area contributed by atoms with Gasteiger partial charge in [0.25, 0.3) is 10.1 Å². The summed E-state index contributed by atoms with van der Waals surface area (Å²) in [6, 6.07) is 0. The van der Waals surface area contributed by atoms with Gasteiger partial charge in [0, 0.05) is 5.92 Å². The molecule has 3 atom stereocenters. The first-order chi connectivity index (χ1) is 10.1. The van der Waals surface area contributed by atoms with Crippen molar-refractivity contribution in [1.29, 1.82) is 0 Å². The van der Waals surface area contributed by atoms with E-state index in [0.29, 0.717) is 6.42 Å². The summed E-state index contributed by atoms with van der Waals surface area (Å²) in [6.45, 7) is 6.93. The Labute approximate surface area is 132 Å². The molecule has 0 aromatic heterocycles. The van der Waals surface area contributed by atoms with Crippen LogP contribution in [0.3, 0.4) is 0 Å². The van der Waals surface area contributed by atoms with Crippen molar-refractivity contribution in [3.8, 4) is 0 Å². The zero-order valence-electron chi connectivity index (χ0n) is 13.5. The standard InChI is InChI=1S/C14H25NO6S/c1-6-11(13(15)16)8-12(14(17)20-4)7-9(2)10(3)22(18,19)21-5/h9,11-12H,3,6-8H2,1-2,4-5H3,(H2,15,16). The van der Waals surface area contributed by atoms with Gasteiger partial charge in [-0.1, -0.05) is 20.4 Å². The van der Waals surface area contributed by atoms with Crippen molar-refractivity contribution >= 4 is 22.0 Å². The topological polar surface area (TPSA) is 113 Å². The highest BCUT2D eigenvalue weighted by Gasteiger charge is 2.30. The average Bonchev–Trinajstić information content (AvgIpc) is 2.48. The van der Waals surface area contributed by atoms with Gasteiger partial charge in [-0.3, -0.25) is 13.8 Å². The normalized spacial score (nSPS) is 15.6. The maximum Gasteiger partial charge on any atom is 0.308 e. The van der Waals surface area contributed by atoms with Gasteiger partial charge in [0.2, 0.25) is 5.91 Å². The van der Waals surface area contributed by atoms with Gasteiger partial charge in [0.05, 0.1) is 25.0 Å². The second-order valence-electron chi connectivity index (χ2n) is 5.19. The van der Waals surface area contributed by atoms with E-state index in [1.54, 1.807) is 13.8 Å². The Morgan fingerprint density at radius 3 is 2.09 bits per heavy atom. The fourth-order valence-electron chi connectivity index (χ4n) is 2.19. The highest BCUT2D eigenvalue weighted by atomic mass is 32.2. The lowest BCUT2D eigenvalue weighted by atomic mass is 9.86. The zero-order chi connectivity index (χ0) is 17.5. The zero-order valence-corrected chi connectivity index (χ0v) is 14.3. The summed E-state index contributed by atoms with van der Waals surface area (Å²) in [5.74, 6) is -2.63. The molecule has 0 bridgehead atoms. The van der Waals surface area contributed by atoms with Crippen LogP contribution >= 0.6 is 0 Å². The van der Waals surface area contributed by atoms with Gasteiger partial charge in [0.15, 0.2) is 0 Å². The predicted molar refractivity (Wildman–Crippen MR) is 81.9 cm³/mol. The molecule has 0 aliphatic rings. The Morgan fingerprint density at radius 2 is 1.73 bits per heavy atom. The van der Waals surface area contributed by atoms with Crippen molar-refractivity contribution in [2.24, 2.45) is 23.5 Å². The molecule has 0 rings (SSSR count). The number of carbonyl (C=O) groups is 2. The highest BCUT2D eigenvalue weighted by molar-refractivity contribution is 7.90. The maximum absolute atomic E-state index is 11.9. The second kappa shape index (κ2) is 8.89. The van der Waals surface area contributed by atoms with E-state index in [0.717, 1.165) is 7.11 Å². The van der Waals surface area contributed by atoms with Gasteiger partial charge in [-0.25, -0.2) is 0 Å². The third-order valence-corrected chi connectivity index (χ3v) is 5.21. The third kappa shape index (κ3) is 5.76. The molecule has 0 fully saturated rings. The molecule has 0 aliphatic carbocycles. The molecule has 0 aromatic carbocycles. The van der Waals surface area contributed by atoms with E-state index in [1.165, 1.54) is 7.11 Å². The monoisotopic (exact) mass is 335 g/mol. The molecule has 0 heterocycles. The van der Waals surface area contributed by atoms with Crippen LogP contribution in [-0.2, 0) is 28.6 Å². The van der Waals surface area contributed by atoms with Crippen LogP contribution < -0.4 is 5.73 Å². The van der Waals surface area contributed by atoms with Crippen LogP contribution in [0.4, 0.5) is 0 Å². The van der Waals surface area contributed by atoms with E-state index in [9.17, 15) is 18.0 Å². The fourth-order valence-corrected chi connectivity index (χ4v) is 3.00. The summed E-state index contributed by atoms with van der Waals surface area (Å²) in [5, 5.41) is 0. The molecule has 0 spiro atoms. The molecular formula is C14H25NO6S. The number of allylic oxidation sites excluding steroid dienone is 1. The Balaban J connectivity index is 5.12. The smallest absolute Gasteiger partial charge is 0.308 e. The largest absolute Gasteiger partial charge is 0.469 e. The lowest BCUT2D eigenvalue weighted by Gasteiger charge is -2.22. The predicted octanol–water partition coefficient (Wildman–Crippen LogP) is 1.19. The number of amides is 1. The number of hydrogen-bond acceptors (Lipinski definition) is 6. The number of ether oxygens (including phenoxy) is 1. The Hall–Kier alpha value is -1.41. The van der Waals surface area contributed by atoms with Gasteiger partial charge in [-0.15, -0.1) is 0 Å². The summed E-state index contributed by atoms with van der Waals surface area (Å²) in [4.78, 5) is 23.1. The number of esters is 1. The Kier molecular flexibility index (Phi) is 8.32. The molecule has 128 valence electrons. The maximum atomic E-state index is 11.9. The first-order valence-electron chi connectivity index (χ1n) is 6.97. The van der Waals surface area contributed by atoms with E-state index >= 15 is 0 Å². The lowest BCUT2D eigenvalue weighted by Crippen LogP contribution is -2.29. The molecule has 0 aliphatic heterocycles. The third-order valence-electron chi connectivity index (χ3n) is 3.73. The Morgan fingerprint density at radius 1 is 1.18 bits per heavy atom. The van der Waals surface area contributed by atoms with Crippen LogP contribution in [-0.4, -0.2) is 34.5 Å². The fraction of sp³-hybridized carbons (Fsp3) is 0.714. The van der Waals surface area contributed by atoms with Crippen LogP contribution in [0.15, 0.2) is 11.5 Å². The quantitative estimate of drug-likeness (QED) is 0.474. The van der Waals surface area contributed by atoms with Gasteiger partial charge in [-0.05, 0) is 25.2 Å². The number of methoxy groups -OCH3 is 1. The van der Waals surface area contributed by atoms with Crippen LogP contribution in [0, 0.1) is 17.8 Å². The van der Waals surface area contributed by atoms with Crippen LogP contribution in [0.25, 0.3) is 0 Å². The molecular weight excluding hydrogens is 310 g/mol. The highest BCUT2D eigenvalue weighted by Crippen LogP contribution is 2.28. The minimum absolute atomic E-state index is 0.115. The van der Waals surface area contributed by atoms with Gasteiger partial charge in [0.1, 0.15) is 0 Å². The summed E-state index contributed by atoms with van der Waals surface area (Å²) >= 11 is 0. The lowest BCUT2D eigenvalue weighted by molar-refractivity contribution is -0.146. The van der Waals surface area contributed by atoms with Gasteiger partial charge < -0.3 is 10.5 Å². The van der Waals surface area contributed by atoms with Crippen molar-refractivity contribution in [3.05, 3.63) is 11.5 Å². The van der Waals surface area contributed by atoms with Crippen molar-refractivity contribution in [3.63, 3.8) is 0 Å². The summed E-state index contributed by atoms with van der Waals surface area (Å²) in [5.41, 5.74) is 5.29. The van der Waals surface area contributed by atoms with Crippen LogP contribution in [0.1, 0.15) is 33.1 Å². The van der Waals surface area contributed by atoms with E-state index in [1.807, 2.05) is 0 Å². The minimum Gasteiger partial charge on any atom is -0.469 e. The molecule has 8 heteroatoms. The van der Waals surface area contributed by atoms with E-state index in [-0.39, 0.29) is 17.7 Å². The first-order valence-corrected chi connectivity index (χ1v) is 8.38. The number of carbonyl (C=O) groups excluding carboxylic acids is 2. The van der Waals surface area contributed by atoms with Gasteiger partial charge >= 0.3 is 5.97 Å². The summed E-state index contributed by atoms with van der Waals surface area (Å²) < 4.78 is 32.4. The van der Waals surface area contributed by atoms with Crippen LogP contribution in [0.2, 0.25) is 0 Å². The molecule has 0 radical (unpaired) electrons. The SMILES string of the molecule is C=C(C(C)CC(CC(CC)C(N)=O)C(=O)OC)S(=O)(=O)OC. The number of primary amides is 1. The molecule has 0 aromatic rings. The average molecular weight is 335 g/mol. The first kappa shape index (κ1) is 20.6. The molecule has 1 amide bonds. The summed E-state index contributed by atoms with van der Waals surface area (Å²) in [7, 11) is -1.58. The van der Waals surface area contributed by atoms with Gasteiger partial charge in [-0.2, -0.15) is 8.42 Å². The van der Waals surface area contributed by atoms with Crippen molar-refractivity contribution in [1.82, 2.24) is 0 Å². The molecule has 22 heavy (non-hydrogen) atoms. The van der Waals surface area contributed by atoms with Crippen molar-refractivity contribution in [2.75, 3.05) is 14.2 Å². The van der Waals surface area contributed by atoms with E-state index in [4.69, 9.17) is 10.5 Å². The van der Waals surface area contributed by atoms with Crippen LogP contribution in [0.5, 0.6) is 0 Å². The molecule has 2 N–H and O–H groups in total. The minimum atomic E-state index is -3.86. The summed E-state index contributed by atoms with van der Waals surface area (Å²) in [6.07, 6.45) is 0.884. The van der Waals surface area contributed by atoms with Crippen molar-refractivity contribution in [2.45, 2.75) is 33.1 Å². The number of rotatable bonds is 10. The molecule has 3 unspecified atom stereocenters. The Bertz CT molecular complexity index is 513.